The van der Waals surface area contributed by atoms with Crippen LogP contribution in [-0.4, -0.2) is 21.7 Å². The van der Waals surface area contributed by atoms with Gasteiger partial charge in [-0.25, -0.2) is 4.98 Å². The van der Waals surface area contributed by atoms with Crippen LogP contribution in [0.3, 0.4) is 0 Å². The van der Waals surface area contributed by atoms with Crippen molar-refractivity contribution in [2.75, 3.05) is 11.9 Å². The second-order valence-electron chi connectivity index (χ2n) is 2.94. The SMILES string of the molecule is CCNc1nc(Sc2nncs2)c(Cl)cc1Cl. The number of aromatic nitrogens is 3. The molecule has 0 fully saturated rings. The van der Waals surface area contributed by atoms with Gasteiger partial charge in [-0.1, -0.05) is 34.5 Å². The van der Waals surface area contributed by atoms with Gasteiger partial charge < -0.3 is 5.32 Å². The zero-order valence-electron chi connectivity index (χ0n) is 8.78. The van der Waals surface area contributed by atoms with Crippen LogP contribution in [0.1, 0.15) is 6.92 Å². The minimum atomic E-state index is 0.511. The van der Waals surface area contributed by atoms with E-state index in [-0.39, 0.29) is 0 Å². The predicted molar refractivity (Wildman–Crippen MR) is 72.5 cm³/mol. The smallest absolute Gasteiger partial charge is 0.180 e. The van der Waals surface area contributed by atoms with Crippen LogP contribution in [0.4, 0.5) is 5.82 Å². The van der Waals surface area contributed by atoms with Crippen molar-refractivity contribution in [3.05, 3.63) is 21.6 Å². The molecule has 0 radical (unpaired) electrons. The number of nitrogens with zero attached hydrogens (tertiary/aromatic N) is 3. The number of rotatable bonds is 4. The highest BCUT2D eigenvalue weighted by Crippen LogP contribution is 2.36. The molecule has 2 heterocycles. The van der Waals surface area contributed by atoms with E-state index >= 15 is 0 Å². The molecule has 2 aromatic heterocycles. The van der Waals surface area contributed by atoms with E-state index in [1.807, 2.05) is 6.92 Å². The quantitative estimate of drug-likeness (QED) is 0.930. The molecule has 8 heteroatoms. The van der Waals surface area contributed by atoms with Crippen molar-refractivity contribution in [1.82, 2.24) is 15.2 Å². The molecule has 17 heavy (non-hydrogen) atoms. The average molecular weight is 307 g/mol. The maximum Gasteiger partial charge on any atom is 0.180 e. The summed E-state index contributed by atoms with van der Waals surface area (Å²) >= 11 is 14.9. The number of anilines is 1. The largest absolute Gasteiger partial charge is 0.369 e. The summed E-state index contributed by atoms with van der Waals surface area (Å²) in [4.78, 5) is 4.36. The highest BCUT2D eigenvalue weighted by molar-refractivity contribution is 8.01. The lowest BCUT2D eigenvalue weighted by atomic mass is 10.4. The summed E-state index contributed by atoms with van der Waals surface area (Å²) in [5.41, 5.74) is 1.66. The third kappa shape index (κ3) is 3.22. The zero-order valence-corrected chi connectivity index (χ0v) is 11.9. The molecule has 90 valence electrons. The Labute approximate surface area is 117 Å². The molecule has 0 saturated heterocycles. The fraction of sp³-hybridized carbons (Fsp3) is 0.222. The van der Waals surface area contributed by atoms with Gasteiger partial charge in [-0.3, -0.25) is 0 Å². The van der Waals surface area contributed by atoms with E-state index in [0.29, 0.717) is 20.9 Å². The first-order valence-corrected chi connectivity index (χ1v) is 7.20. The molecular formula is C9H8Cl2N4S2. The summed E-state index contributed by atoms with van der Waals surface area (Å²) in [6.45, 7) is 2.72. The van der Waals surface area contributed by atoms with Crippen molar-refractivity contribution >= 4 is 52.1 Å². The monoisotopic (exact) mass is 306 g/mol. The maximum atomic E-state index is 6.08. The third-order valence-corrected chi connectivity index (χ3v) is 4.24. The Morgan fingerprint density at radius 3 is 2.88 bits per heavy atom. The molecule has 0 spiro atoms. The van der Waals surface area contributed by atoms with Crippen molar-refractivity contribution in [3.8, 4) is 0 Å². The molecule has 0 atom stereocenters. The van der Waals surface area contributed by atoms with E-state index in [4.69, 9.17) is 23.2 Å². The fourth-order valence-electron chi connectivity index (χ4n) is 1.10. The van der Waals surface area contributed by atoms with Gasteiger partial charge >= 0.3 is 0 Å². The molecule has 1 N–H and O–H groups in total. The molecule has 0 unspecified atom stereocenters. The Balaban J connectivity index is 2.29. The second-order valence-corrected chi connectivity index (χ2v) is 5.83. The van der Waals surface area contributed by atoms with Gasteiger partial charge in [-0.2, -0.15) is 0 Å². The standard InChI is InChI=1S/C9H8Cl2N4S2/c1-2-12-7-5(10)3-6(11)8(14-7)17-9-15-13-4-16-9/h3-4H,2H2,1H3,(H,12,14). The summed E-state index contributed by atoms with van der Waals surface area (Å²) in [5.74, 6) is 0.630. The molecule has 2 rings (SSSR count). The highest BCUT2D eigenvalue weighted by atomic mass is 35.5. The minimum absolute atomic E-state index is 0.511. The normalized spacial score (nSPS) is 10.5. The molecule has 2 aromatic rings. The number of hydrogen-bond acceptors (Lipinski definition) is 6. The first kappa shape index (κ1) is 12.9. The van der Waals surface area contributed by atoms with Crippen LogP contribution in [0, 0.1) is 0 Å². The highest BCUT2D eigenvalue weighted by Gasteiger charge is 2.11. The second kappa shape index (κ2) is 5.86. The van der Waals surface area contributed by atoms with E-state index in [1.165, 1.54) is 23.1 Å². The van der Waals surface area contributed by atoms with E-state index < -0.39 is 0 Å². The van der Waals surface area contributed by atoms with E-state index in [0.717, 1.165) is 10.9 Å². The Hall–Kier alpha value is -0.560. The molecule has 0 amide bonds. The van der Waals surface area contributed by atoms with Gasteiger partial charge in [0, 0.05) is 6.54 Å². The Bertz CT molecular complexity index is 504. The Kier molecular flexibility index (Phi) is 4.44. The molecule has 4 nitrogen and oxygen atoms in total. The van der Waals surface area contributed by atoms with Gasteiger partial charge in [0.05, 0.1) is 10.0 Å². The predicted octanol–water partition coefficient (Wildman–Crippen LogP) is 3.82. The van der Waals surface area contributed by atoms with Gasteiger partial charge in [0.1, 0.15) is 16.4 Å². The van der Waals surface area contributed by atoms with Gasteiger partial charge in [-0.15, -0.1) is 10.2 Å². The van der Waals surface area contributed by atoms with Crippen LogP contribution in [0.5, 0.6) is 0 Å². The topological polar surface area (TPSA) is 50.7 Å². The van der Waals surface area contributed by atoms with Crippen molar-refractivity contribution in [2.24, 2.45) is 0 Å². The Morgan fingerprint density at radius 1 is 1.41 bits per heavy atom. The fourth-order valence-corrected chi connectivity index (χ4v) is 3.03. The van der Waals surface area contributed by atoms with Crippen LogP contribution >= 0.6 is 46.3 Å². The zero-order chi connectivity index (χ0) is 12.3. The summed E-state index contributed by atoms with van der Waals surface area (Å²) in [7, 11) is 0. The van der Waals surface area contributed by atoms with E-state index in [1.54, 1.807) is 11.6 Å². The molecular weight excluding hydrogens is 299 g/mol. The summed E-state index contributed by atoms with van der Waals surface area (Å²) in [5, 5.41) is 12.5. The first-order valence-electron chi connectivity index (χ1n) is 4.74. The van der Waals surface area contributed by atoms with Crippen LogP contribution in [0.25, 0.3) is 0 Å². The van der Waals surface area contributed by atoms with Gasteiger partial charge in [0.2, 0.25) is 0 Å². The van der Waals surface area contributed by atoms with E-state index in [2.05, 4.69) is 20.5 Å². The van der Waals surface area contributed by atoms with E-state index in [9.17, 15) is 0 Å². The molecule has 0 aliphatic carbocycles. The minimum Gasteiger partial charge on any atom is -0.369 e. The van der Waals surface area contributed by atoms with Crippen LogP contribution < -0.4 is 5.32 Å². The molecule has 0 aliphatic rings. The maximum absolute atomic E-state index is 6.08. The Morgan fingerprint density at radius 2 is 2.24 bits per heavy atom. The van der Waals surface area contributed by atoms with Crippen LogP contribution in [0.15, 0.2) is 20.9 Å². The van der Waals surface area contributed by atoms with Crippen molar-refractivity contribution in [1.29, 1.82) is 0 Å². The third-order valence-electron chi connectivity index (χ3n) is 1.77. The van der Waals surface area contributed by atoms with Crippen molar-refractivity contribution in [3.63, 3.8) is 0 Å². The summed E-state index contributed by atoms with van der Waals surface area (Å²) in [6.07, 6.45) is 0. The first-order chi connectivity index (χ1) is 8.20. The summed E-state index contributed by atoms with van der Waals surface area (Å²) in [6, 6.07) is 1.68. The molecule has 0 saturated carbocycles. The van der Waals surface area contributed by atoms with Gasteiger partial charge in [-0.05, 0) is 24.8 Å². The van der Waals surface area contributed by atoms with Gasteiger partial charge in [0.25, 0.3) is 0 Å². The van der Waals surface area contributed by atoms with Crippen molar-refractivity contribution < 1.29 is 0 Å². The number of hydrogen-bond donors (Lipinski definition) is 1. The molecule has 0 aromatic carbocycles. The number of pyridine rings is 1. The van der Waals surface area contributed by atoms with Gasteiger partial charge in [0.15, 0.2) is 4.34 Å². The lowest BCUT2D eigenvalue weighted by Crippen LogP contribution is -2.00. The average Bonchev–Trinajstić information content (AvgIpc) is 2.78. The molecule has 0 bridgehead atoms. The van der Waals surface area contributed by atoms with Crippen LogP contribution in [-0.2, 0) is 0 Å². The number of halogens is 2. The van der Waals surface area contributed by atoms with Crippen LogP contribution in [0.2, 0.25) is 10.0 Å². The lowest BCUT2D eigenvalue weighted by molar-refractivity contribution is 1.00. The number of nitrogens with one attached hydrogen (secondary N) is 1. The van der Waals surface area contributed by atoms with Crippen molar-refractivity contribution in [2.45, 2.75) is 16.3 Å². The summed E-state index contributed by atoms with van der Waals surface area (Å²) < 4.78 is 0.796. The molecule has 0 aliphatic heterocycles. The lowest BCUT2D eigenvalue weighted by Gasteiger charge is -2.08.